The van der Waals surface area contributed by atoms with Gasteiger partial charge in [0.2, 0.25) is 0 Å². The lowest BCUT2D eigenvalue weighted by molar-refractivity contribution is 0.546. The molecule has 5 heteroatoms. The van der Waals surface area contributed by atoms with Gasteiger partial charge >= 0.3 is 0 Å². The van der Waals surface area contributed by atoms with Gasteiger partial charge < -0.3 is 10.3 Å². The molecule has 2 heterocycles. The minimum Gasteiger partial charge on any atom is -0.334 e. The Morgan fingerprint density at radius 2 is 2.22 bits per heavy atom. The summed E-state index contributed by atoms with van der Waals surface area (Å²) in [4.78, 5) is 4.49. The molecule has 102 valence electrons. The second-order valence-electron chi connectivity index (χ2n) is 4.66. The van der Waals surface area contributed by atoms with E-state index in [0.717, 1.165) is 18.8 Å². The molecule has 1 fully saturated rings. The first-order valence-electron chi connectivity index (χ1n) is 6.77. The van der Waals surface area contributed by atoms with Crippen molar-refractivity contribution in [2.75, 3.05) is 11.5 Å². The maximum atomic E-state index is 6.49. The Labute approximate surface area is 118 Å². The molecule has 2 rings (SSSR count). The number of aromatic nitrogens is 2. The standard InChI is InChI=1S/C13H23N3S2/c1-3-6-16-7-5-15-13(16)11(14)12-10(4-2)17-8-9-18-12/h5,7,10-12H,3-4,6,8-9,14H2,1-2H3. The Kier molecular flexibility index (Phi) is 5.45. The maximum Gasteiger partial charge on any atom is 0.126 e. The zero-order valence-electron chi connectivity index (χ0n) is 11.2. The molecule has 0 aliphatic carbocycles. The lowest BCUT2D eigenvalue weighted by atomic mass is 10.1. The van der Waals surface area contributed by atoms with Crippen molar-refractivity contribution < 1.29 is 0 Å². The summed E-state index contributed by atoms with van der Waals surface area (Å²) in [6, 6.07) is 0.0642. The van der Waals surface area contributed by atoms with E-state index in [4.69, 9.17) is 5.73 Å². The summed E-state index contributed by atoms with van der Waals surface area (Å²) in [7, 11) is 0. The van der Waals surface area contributed by atoms with Gasteiger partial charge in [-0.05, 0) is 12.8 Å². The first kappa shape index (κ1) is 14.3. The fourth-order valence-electron chi connectivity index (χ4n) is 2.47. The number of hydrogen-bond donors (Lipinski definition) is 1. The van der Waals surface area contributed by atoms with Crippen molar-refractivity contribution in [1.82, 2.24) is 9.55 Å². The molecule has 3 unspecified atom stereocenters. The zero-order chi connectivity index (χ0) is 13.0. The van der Waals surface area contributed by atoms with Crippen LogP contribution >= 0.6 is 23.5 Å². The monoisotopic (exact) mass is 285 g/mol. The topological polar surface area (TPSA) is 43.8 Å². The van der Waals surface area contributed by atoms with Crippen LogP contribution in [0.5, 0.6) is 0 Å². The van der Waals surface area contributed by atoms with Crippen LogP contribution in [-0.2, 0) is 6.54 Å². The van der Waals surface area contributed by atoms with Gasteiger partial charge in [0.15, 0.2) is 0 Å². The lowest BCUT2D eigenvalue weighted by Gasteiger charge is -2.33. The van der Waals surface area contributed by atoms with E-state index in [9.17, 15) is 0 Å². The first-order chi connectivity index (χ1) is 8.77. The Hall–Kier alpha value is -0.130. The van der Waals surface area contributed by atoms with Gasteiger partial charge in [0.25, 0.3) is 0 Å². The molecular formula is C13H23N3S2. The van der Waals surface area contributed by atoms with Crippen molar-refractivity contribution in [1.29, 1.82) is 0 Å². The van der Waals surface area contributed by atoms with Crippen LogP contribution in [0.2, 0.25) is 0 Å². The van der Waals surface area contributed by atoms with Gasteiger partial charge in [-0.25, -0.2) is 4.98 Å². The van der Waals surface area contributed by atoms with E-state index in [2.05, 4.69) is 41.4 Å². The normalized spacial score (nSPS) is 26.2. The van der Waals surface area contributed by atoms with Crippen LogP contribution in [0.15, 0.2) is 12.4 Å². The smallest absolute Gasteiger partial charge is 0.126 e. The van der Waals surface area contributed by atoms with Gasteiger partial charge in [0.05, 0.1) is 6.04 Å². The zero-order valence-corrected chi connectivity index (χ0v) is 12.8. The van der Waals surface area contributed by atoms with Gasteiger partial charge in [-0.2, -0.15) is 23.5 Å². The molecule has 1 aliphatic rings. The molecule has 1 aliphatic heterocycles. The summed E-state index contributed by atoms with van der Waals surface area (Å²) in [5, 5.41) is 1.18. The molecule has 3 atom stereocenters. The van der Waals surface area contributed by atoms with E-state index in [1.807, 2.05) is 18.0 Å². The maximum absolute atomic E-state index is 6.49. The van der Waals surface area contributed by atoms with E-state index in [1.54, 1.807) is 0 Å². The Morgan fingerprint density at radius 1 is 1.44 bits per heavy atom. The highest BCUT2D eigenvalue weighted by molar-refractivity contribution is 8.07. The largest absolute Gasteiger partial charge is 0.334 e. The molecule has 0 amide bonds. The molecule has 0 spiro atoms. The fraction of sp³-hybridized carbons (Fsp3) is 0.769. The van der Waals surface area contributed by atoms with Crippen LogP contribution in [0.25, 0.3) is 0 Å². The second kappa shape index (κ2) is 6.87. The van der Waals surface area contributed by atoms with E-state index < -0.39 is 0 Å². The summed E-state index contributed by atoms with van der Waals surface area (Å²) in [6.45, 7) is 5.47. The predicted molar refractivity (Wildman–Crippen MR) is 82.2 cm³/mol. The molecule has 1 saturated heterocycles. The molecule has 1 aromatic heterocycles. The summed E-state index contributed by atoms with van der Waals surface area (Å²) >= 11 is 4.11. The van der Waals surface area contributed by atoms with Gasteiger partial charge in [-0.1, -0.05) is 13.8 Å². The summed E-state index contributed by atoms with van der Waals surface area (Å²) in [5.41, 5.74) is 6.49. The lowest BCUT2D eigenvalue weighted by Crippen LogP contribution is -2.37. The number of rotatable bonds is 5. The Bertz CT molecular complexity index is 367. The van der Waals surface area contributed by atoms with Crippen LogP contribution in [0, 0.1) is 0 Å². The third-order valence-electron chi connectivity index (χ3n) is 3.36. The molecule has 0 aromatic carbocycles. The molecular weight excluding hydrogens is 262 g/mol. The van der Waals surface area contributed by atoms with Gasteiger partial charge in [0.1, 0.15) is 5.82 Å². The van der Waals surface area contributed by atoms with Crippen LogP contribution in [0.4, 0.5) is 0 Å². The minimum absolute atomic E-state index is 0.0642. The van der Waals surface area contributed by atoms with E-state index in [0.29, 0.717) is 10.5 Å². The summed E-state index contributed by atoms with van der Waals surface area (Å²) < 4.78 is 2.22. The number of nitrogens with two attached hydrogens (primary N) is 1. The summed E-state index contributed by atoms with van der Waals surface area (Å²) in [5.74, 6) is 3.54. The van der Waals surface area contributed by atoms with Crippen molar-refractivity contribution in [3.05, 3.63) is 18.2 Å². The molecule has 18 heavy (non-hydrogen) atoms. The molecule has 1 aromatic rings. The molecule has 0 saturated carbocycles. The minimum atomic E-state index is 0.0642. The van der Waals surface area contributed by atoms with Gasteiger partial charge in [-0.3, -0.25) is 0 Å². The molecule has 0 bridgehead atoms. The van der Waals surface area contributed by atoms with Crippen LogP contribution in [0.1, 0.15) is 38.6 Å². The Morgan fingerprint density at radius 3 is 2.94 bits per heavy atom. The van der Waals surface area contributed by atoms with E-state index in [-0.39, 0.29) is 6.04 Å². The third kappa shape index (κ3) is 3.06. The van der Waals surface area contributed by atoms with Crippen molar-refractivity contribution in [3.8, 4) is 0 Å². The number of thioether (sulfide) groups is 2. The SMILES string of the molecule is CCCn1ccnc1C(N)C1SCCSC1CC. The number of imidazole rings is 1. The Balaban J connectivity index is 2.13. The van der Waals surface area contributed by atoms with Gasteiger partial charge in [0, 0.05) is 40.9 Å². The van der Waals surface area contributed by atoms with Crippen molar-refractivity contribution in [2.45, 2.75) is 49.8 Å². The van der Waals surface area contributed by atoms with Crippen molar-refractivity contribution in [2.24, 2.45) is 5.73 Å². The molecule has 3 nitrogen and oxygen atoms in total. The van der Waals surface area contributed by atoms with Crippen LogP contribution < -0.4 is 5.73 Å². The van der Waals surface area contributed by atoms with E-state index >= 15 is 0 Å². The molecule has 0 radical (unpaired) electrons. The second-order valence-corrected chi connectivity index (χ2v) is 7.29. The summed E-state index contributed by atoms with van der Waals surface area (Å²) in [6.07, 6.45) is 6.26. The highest BCUT2D eigenvalue weighted by atomic mass is 32.2. The number of hydrogen-bond acceptors (Lipinski definition) is 4. The predicted octanol–water partition coefficient (Wildman–Crippen LogP) is 2.92. The average molecular weight is 285 g/mol. The van der Waals surface area contributed by atoms with Crippen molar-refractivity contribution >= 4 is 23.5 Å². The fourth-order valence-corrected chi connectivity index (χ4v) is 5.61. The average Bonchev–Trinajstić information content (AvgIpc) is 2.86. The highest BCUT2D eigenvalue weighted by Crippen LogP contribution is 2.38. The third-order valence-corrected chi connectivity index (χ3v) is 6.73. The van der Waals surface area contributed by atoms with Gasteiger partial charge in [-0.15, -0.1) is 0 Å². The highest BCUT2D eigenvalue weighted by Gasteiger charge is 2.32. The quantitative estimate of drug-likeness (QED) is 0.903. The first-order valence-corrected chi connectivity index (χ1v) is 8.87. The van der Waals surface area contributed by atoms with Crippen LogP contribution in [0.3, 0.4) is 0 Å². The number of aryl methyl sites for hydroxylation is 1. The van der Waals surface area contributed by atoms with Crippen molar-refractivity contribution in [3.63, 3.8) is 0 Å². The molecule has 2 N–H and O–H groups in total. The number of nitrogens with zero attached hydrogens (tertiary/aromatic N) is 2. The van der Waals surface area contributed by atoms with E-state index in [1.165, 1.54) is 17.9 Å². The van der Waals surface area contributed by atoms with Crippen LogP contribution in [-0.4, -0.2) is 31.6 Å².